The van der Waals surface area contributed by atoms with Crippen LogP contribution in [0.25, 0.3) is 0 Å². The molecule has 7 nitrogen and oxygen atoms in total. The highest BCUT2D eigenvalue weighted by atomic mass is 32.2. The van der Waals surface area contributed by atoms with E-state index in [9.17, 15) is 18.0 Å². The molecule has 0 radical (unpaired) electrons. The van der Waals surface area contributed by atoms with Gasteiger partial charge in [-0.3, -0.25) is 9.59 Å². The van der Waals surface area contributed by atoms with Crippen LogP contribution in [0.5, 0.6) is 0 Å². The first-order valence-electron chi connectivity index (χ1n) is 11.8. The van der Waals surface area contributed by atoms with Gasteiger partial charge in [0.05, 0.1) is 4.90 Å². The number of hydrogen-bond donors (Lipinski definition) is 1. The average molecular weight is 464 g/mol. The largest absolute Gasteiger partial charge is 0.346 e. The number of rotatable bonds is 8. The summed E-state index contributed by atoms with van der Waals surface area (Å²) in [6, 6.07) is 5.04. The first kappa shape index (κ1) is 24.7. The van der Waals surface area contributed by atoms with Gasteiger partial charge < -0.3 is 9.80 Å². The normalized spacial score (nSPS) is 23.1. The number of carbonyl (C=O) groups excluding carboxylic acids is 2. The Balaban J connectivity index is 1.54. The smallest absolute Gasteiger partial charge is 0.240 e. The summed E-state index contributed by atoms with van der Waals surface area (Å²) in [5.74, 6) is 0.505. The number of sulfonamides is 1. The molecule has 0 aromatic heterocycles. The lowest BCUT2D eigenvalue weighted by Gasteiger charge is -2.30. The van der Waals surface area contributed by atoms with E-state index in [4.69, 9.17) is 0 Å². The van der Waals surface area contributed by atoms with Crippen molar-refractivity contribution >= 4 is 27.5 Å². The third-order valence-corrected chi connectivity index (χ3v) is 8.32. The van der Waals surface area contributed by atoms with Crippen molar-refractivity contribution < 1.29 is 18.0 Å². The molecule has 0 saturated heterocycles. The summed E-state index contributed by atoms with van der Waals surface area (Å²) in [5, 5.41) is 0. The lowest BCUT2D eigenvalue weighted by atomic mass is 9.81. The summed E-state index contributed by atoms with van der Waals surface area (Å²) in [5.41, 5.74) is 1.69. The summed E-state index contributed by atoms with van der Waals surface area (Å²) in [4.78, 5) is 28.3. The Labute approximate surface area is 192 Å². The maximum Gasteiger partial charge on any atom is 0.240 e. The molecule has 3 rings (SSSR count). The Hall–Kier alpha value is -1.93. The minimum absolute atomic E-state index is 0.0318. The van der Waals surface area contributed by atoms with Crippen LogP contribution in [-0.4, -0.2) is 51.3 Å². The molecule has 2 aliphatic rings. The fourth-order valence-corrected chi connectivity index (χ4v) is 6.16. The minimum Gasteiger partial charge on any atom is -0.346 e. The Bertz CT molecular complexity index is 939. The van der Waals surface area contributed by atoms with Crippen molar-refractivity contribution in [3.05, 3.63) is 23.8 Å². The van der Waals surface area contributed by atoms with Crippen LogP contribution in [0.3, 0.4) is 0 Å². The van der Waals surface area contributed by atoms with Crippen LogP contribution in [0.2, 0.25) is 0 Å². The fourth-order valence-electron chi connectivity index (χ4n) is 5.00. The minimum atomic E-state index is -3.62. The van der Waals surface area contributed by atoms with E-state index in [0.717, 1.165) is 56.3 Å². The molecular formula is C24H37N3O4S. The van der Waals surface area contributed by atoms with Gasteiger partial charge in [-0.05, 0) is 75.1 Å². The van der Waals surface area contributed by atoms with E-state index in [1.807, 2.05) is 18.9 Å². The molecule has 1 aliphatic heterocycles. The maximum atomic E-state index is 12.9. The number of amides is 2. The molecule has 178 valence electrons. The molecule has 1 saturated carbocycles. The van der Waals surface area contributed by atoms with E-state index in [0.29, 0.717) is 13.0 Å². The molecule has 1 aromatic carbocycles. The molecule has 1 aromatic rings. The molecule has 1 fully saturated rings. The second-order valence-electron chi connectivity index (χ2n) is 9.42. The van der Waals surface area contributed by atoms with Gasteiger partial charge in [0.15, 0.2) is 0 Å². The van der Waals surface area contributed by atoms with Crippen molar-refractivity contribution in [2.24, 2.45) is 11.8 Å². The molecule has 2 amide bonds. The van der Waals surface area contributed by atoms with E-state index in [-0.39, 0.29) is 34.6 Å². The van der Waals surface area contributed by atoms with Gasteiger partial charge in [-0.15, -0.1) is 0 Å². The molecule has 1 heterocycles. The molecule has 0 bridgehead atoms. The van der Waals surface area contributed by atoms with Crippen LogP contribution in [-0.2, 0) is 26.0 Å². The van der Waals surface area contributed by atoms with Crippen molar-refractivity contribution in [1.82, 2.24) is 9.62 Å². The standard InChI is InChI=1S/C24H37N3O4S/c1-5-6-13-26(4)24(29)20-9-7-19(8-10-20)16-25-32(30,31)22-11-12-23-21(15-22)14-17(2)27(23)18(3)28/h11-12,15,17,19-20,25H,5-10,13-14,16H2,1-4H3/t17-,19?,20?/m1/s1. The zero-order chi connectivity index (χ0) is 23.5. The highest BCUT2D eigenvalue weighted by Crippen LogP contribution is 2.34. The highest BCUT2D eigenvalue weighted by molar-refractivity contribution is 7.89. The Morgan fingerprint density at radius 3 is 2.50 bits per heavy atom. The Morgan fingerprint density at radius 2 is 1.88 bits per heavy atom. The van der Waals surface area contributed by atoms with E-state index in [1.54, 1.807) is 23.1 Å². The zero-order valence-corrected chi connectivity index (χ0v) is 20.6. The molecule has 0 unspecified atom stereocenters. The van der Waals surface area contributed by atoms with E-state index in [2.05, 4.69) is 11.6 Å². The molecule has 32 heavy (non-hydrogen) atoms. The summed E-state index contributed by atoms with van der Waals surface area (Å²) < 4.78 is 28.5. The summed E-state index contributed by atoms with van der Waals surface area (Å²) in [7, 11) is -1.74. The fraction of sp³-hybridized carbons (Fsp3) is 0.667. The van der Waals surface area contributed by atoms with Gasteiger partial charge in [0.2, 0.25) is 21.8 Å². The van der Waals surface area contributed by atoms with Gasteiger partial charge >= 0.3 is 0 Å². The number of carbonyl (C=O) groups is 2. The van der Waals surface area contributed by atoms with Crippen molar-refractivity contribution in [1.29, 1.82) is 0 Å². The number of nitrogens with zero attached hydrogens (tertiary/aromatic N) is 2. The molecular weight excluding hydrogens is 426 g/mol. The Kier molecular flexibility index (Phi) is 7.98. The topological polar surface area (TPSA) is 86.8 Å². The number of anilines is 1. The third kappa shape index (κ3) is 5.52. The van der Waals surface area contributed by atoms with Crippen LogP contribution < -0.4 is 9.62 Å². The van der Waals surface area contributed by atoms with E-state index >= 15 is 0 Å². The zero-order valence-electron chi connectivity index (χ0n) is 19.8. The second kappa shape index (κ2) is 10.3. The molecule has 1 atom stereocenters. The van der Waals surface area contributed by atoms with Crippen LogP contribution in [0.15, 0.2) is 23.1 Å². The van der Waals surface area contributed by atoms with Gasteiger partial charge in [-0.1, -0.05) is 13.3 Å². The summed E-state index contributed by atoms with van der Waals surface area (Å²) in [6.07, 6.45) is 6.10. The quantitative estimate of drug-likeness (QED) is 0.641. The van der Waals surface area contributed by atoms with E-state index in [1.165, 1.54) is 6.92 Å². The molecule has 0 spiro atoms. The number of benzene rings is 1. The van der Waals surface area contributed by atoms with Crippen molar-refractivity contribution in [2.75, 3.05) is 25.0 Å². The molecule has 8 heteroatoms. The second-order valence-corrected chi connectivity index (χ2v) is 11.2. The van der Waals surface area contributed by atoms with Crippen LogP contribution >= 0.6 is 0 Å². The van der Waals surface area contributed by atoms with Gasteiger partial charge in [-0.2, -0.15) is 0 Å². The van der Waals surface area contributed by atoms with Crippen molar-refractivity contribution in [3.8, 4) is 0 Å². The summed E-state index contributed by atoms with van der Waals surface area (Å²) in [6.45, 7) is 6.81. The molecule has 1 N–H and O–H groups in total. The summed E-state index contributed by atoms with van der Waals surface area (Å²) >= 11 is 0. The number of fused-ring (bicyclic) bond motifs is 1. The van der Waals surface area contributed by atoms with Crippen LogP contribution in [0, 0.1) is 11.8 Å². The van der Waals surface area contributed by atoms with Crippen LogP contribution in [0.1, 0.15) is 64.9 Å². The predicted octanol–water partition coefficient (Wildman–Crippen LogP) is 3.33. The number of unbranched alkanes of at least 4 members (excludes halogenated alkanes) is 1. The predicted molar refractivity (Wildman–Crippen MR) is 126 cm³/mol. The van der Waals surface area contributed by atoms with Crippen LogP contribution in [0.4, 0.5) is 5.69 Å². The van der Waals surface area contributed by atoms with Gasteiger partial charge in [-0.25, -0.2) is 13.1 Å². The lowest BCUT2D eigenvalue weighted by molar-refractivity contribution is -0.135. The number of hydrogen-bond acceptors (Lipinski definition) is 4. The van der Waals surface area contributed by atoms with E-state index < -0.39 is 10.0 Å². The third-order valence-electron chi connectivity index (χ3n) is 6.90. The maximum absolute atomic E-state index is 12.9. The Morgan fingerprint density at radius 1 is 1.19 bits per heavy atom. The molecule has 1 aliphatic carbocycles. The first-order valence-corrected chi connectivity index (χ1v) is 13.3. The lowest BCUT2D eigenvalue weighted by Crippen LogP contribution is -2.37. The SMILES string of the molecule is CCCCN(C)C(=O)C1CCC(CNS(=O)(=O)c2ccc3c(c2)C[C@@H](C)N3C(C)=O)CC1. The number of nitrogens with one attached hydrogen (secondary N) is 1. The van der Waals surface area contributed by atoms with Gasteiger partial charge in [0.25, 0.3) is 0 Å². The van der Waals surface area contributed by atoms with Crippen molar-refractivity contribution in [3.63, 3.8) is 0 Å². The highest BCUT2D eigenvalue weighted by Gasteiger charge is 2.31. The van der Waals surface area contributed by atoms with Crippen molar-refractivity contribution in [2.45, 2.75) is 76.7 Å². The monoisotopic (exact) mass is 463 g/mol. The average Bonchev–Trinajstić information content (AvgIpc) is 3.11. The van der Waals surface area contributed by atoms with Gasteiger partial charge in [0, 0.05) is 44.7 Å². The first-order chi connectivity index (χ1) is 15.1. The van der Waals surface area contributed by atoms with Gasteiger partial charge in [0.1, 0.15) is 0 Å².